The Labute approximate surface area is 168 Å². The molecule has 29 heavy (non-hydrogen) atoms. The summed E-state index contributed by atoms with van der Waals surface area (Å²) in [5.41, 5.74) is 10.1. The lowest BCUT2D eigenvalue weighted by atomic mass is 10.1. The second kappa shape index (κ2) is 8.39. The minimum atomic E-state index is -0.253. The van der Waals surface area contributed by atoms with Gasteiger partial charge in [-0.05, 0) is 37.3 Å². The molecule has 0 aliphatic heterocycles. The van der Waals surface area contributed by atoms with Crippen molar-refractivity contribution < 1.29 is 4.79 Å². The van der Waals surface area contributed by atoms with Gasteiger partial charge in [-0.2, -0.15) is 4.99 Å². The fourth-order valence-electron chi connectivity index (χ4n) is 2.85. The number of allylic oxidation sites excluding steroid dienone is 1. The Bertz CT molecular complexity index is 1140. The minimum absolute atomic E-state index is 0.253. The van der Waals surface area contributed by atoms with Crippen LogP contribution in [0.2, 0.25) is 0 Å². The van der Waals surface area contributed by atoms with Crippen molar-refractivity contribution in [2.75, 3.05) is 12.4 Å². The smallest absolute Gasteiger partial charge is 0.251 e. The van der Waals surface area contributed by atoms with Gasteiger partial charge in [0, 0.05) is 48.8 Å². The van der Waals surface area contributed by atoms with E-state index in [0.717, 1.165) is 27.9 Å². The Hall–Kier alpha value is -3.94. The van der Waals surface area contributed by atoms with Crippen LogP contribution in [0.5, 0.6) is 0 Å². The summed E-state index contributed by atoms with van der Waals surface area (Å²) in [6.45, 7) is 5.36. The third-order valence-electron chi connectivity index (χ3n) is 4.35. The van der Waals surface area contributed by atoms with E-state index in [0.29, 0.717) is 11.5 Å². The van der Waals surface area contributed by atoms with E-state index in [-0.39, 0.29) is 11.9 Å². The predicted octanol–water partition coefficient (Wildman–Crippen LogP) is 2.87. The molecule has 2 heterocycles. The van der Waals surface area contributed by atoms with Crippen LogP contribution < -0.4 is 16.4 Å². The molecule has 148 valence electrons. The monoisotopic (exact) mass is 389 g/mol. The summed E-state index contributed by atoms with van der Waals surface area (Å²) < 4.78 is 1.98. The highest BCUT2D eigenvalue weighted by molar-refractivity contribution is 6.02. The molecule has 4 N–H and O–H groups in total. The summed E-state index contributed by atoms with van der Waals surface area (Å²) in [7, 11) is 3.75. The Morgan fingerprint density at radius 3 is 2.86 bits per heavy atom. The quantitative estimate of drug-likeness (QED) is 0.341. The average molecular weight is 389 g/mol. The predicted molar refractivity (Wildman–Crippen MR) is 117 cm³/mol. The number of nitrogens with one attached hydrogen (secondary N) is 2. The zero-order valence-corrected chi connectivity index (χ0v) is 16.6. The maximum absolute atomic E-state index is 11.6. The van der Waals surface area contributed by atoms with E-state index >= 15 is 0 Å². The van der Waals surface area contributed by atoms with E-state index in [2.05, 4.69) is 32.2 Å². The number of aliphatic imine (C=N–C) groups is 1. The van der Waals surface area contributed by atoms with E-state index in [1.807, 2.05) is 56.0 Å². The second-order valence-electron chi connectivity index (χ2n) is 6.43. The molecular formula is C21H23N7O. The number of aromatic nitrogens is 3. The molecule has 2 aromatic heterocycles. The number of anilines is 1. The van der Waals surface area contributed by atoms with E-state index in [9.17, 15) is 4.79 Å². The van der Waals surface area contributed by atoms with Crippen LogP contribution in [0.1, 0.15) is 6.92 Å². The van der Waals surface area contributed by atoms with Crippen molar-refractivity contribution in [1.29, 1.82) is 0 Å². The number of amides is 1. The Morgan fingerprint density at radius 2 is 2.14 bits per heavy atom. The molecule has 0 saturated carbocycles. The normalized spacial score (nSPS) is 12.1. The third-order valence-corrected chi connectivity index (χ3v) is 4.35. The van der Waals surface area contributed by atoms with Crippen molar-refractivity contribution in [1.82, 2.24) is 19.9 Å². The number of nitrogens with two attached hydrogens (primary N) is 1. The lowest BCUT2D eigenvalue weighted by molar-refractivity contribution is -0.111. The first-order valence-electron chi connectivity index (χ1n) is 8.97. The highest BCUT2D eigenvalue weighted by Crippen LogP contribution is 2.31. The molecule has 0 unspecified atom stereocenters. The lowest BCUT2D eigenvalue weighted by Gasteiger charge is -2.04. The molecule has 3 rings (SSSR count). The highest BCUT2D eigenvalue weighted by Gasteiger charge is 2.12. The topological polar surface area (TPSA) is 110 Å². The van der Waals surface area contributed by atoms with E-state index in [1.165, 1.54) is 6.08 Å². The number of hydrogen-bond acceptors (Lipinski definition) is 5. The van der Waals surface area contributed by atoms with Crippen LogP contribution in [0, 0.1) is 0 Å². The lowest BCUT2D eigenvalue weighted by Crippen LogP contribution is -2.12. The highest BCUT2D eigenvalue weighted by atomic mass is 16.1. The third kappa shape index (κ3) is 4.49. The van der Waals surface area contributed by atoms with Crippen LogP contribution in [0.3, 0.4) is 0 Å². The number of amidine groups is 1. The Balaban J connectivity index is 2.00. The molecule has 8 heteroatoms. The van der Waals surface area contributed by atoms with Gasteiger partial charge >= 0.3 is 0 Å². The SMILES string of the molecule is C=CC(=O)Nc1ccc2c(-c3ccnc(/N=C(N)\C=C(\C)NC)n3)cn(C)c2c1. The molecule has 0 fully saturated rings. The number of carbonyl (C=O) groups excluding carboxylic acids is 1. The zero-order chi connectivity index (χ0) is 21.0. The first-order chi connectivity index (χ1) is 13.9. The maximum Gasteiger partial charge on any atom is 0.251 e. The molecular weight excluding hydrogens is 366 g/mol. The van der Waals surface area contributed by atoms with Gasteiger partial charge in [0.15, 0.2) is 0 Å². The Morgan fingerprint density at radius 1 is 1.34 bits per heavy atom. The zero-order valence-electron chi connectivity index (χ0n) is 16.6. The fourth-order valence-corrected chi connectivity index (χ4v) is 2.85. The summed E-state index contributed by atoms with van der Waals surface area (Å²) in [5, 5.41) is 6.76. The standard InChI is InChI=1S/C21H23N7O/c1-5-20(29)25-14-6-7-15-16(12-28(4)18(15)11-14)17-8-9-24-21(26-17)27-19(22)10-13(2)23-3/h5-12,23H,1H2,2-4H3,(H,25,29)(H2,22,24,26,27)/b13-10-. The molecule has 1 amide bonds. The second-order valence-corrected chi connectivity index (χ2v) is 6.43. The van der Waals surface area contributed by atoms with Crippen LogP contribution >= 0.6 is 0 Å². The summed E-state index contributed by atoms with van der Waals surface area (Å²) in [5.74, 6) is 0.346. The fraction of sp³-hybridized carbons (Fsp3) is 0.143. The maximum atomic E-state index is 11.6. The first-order valence-corrected chi connectivity index (χ1v) is 8.97. The molecule has 1 aromatic carbocycles. The van der Waals surface area contributed by atoms with Gasteiger partial charge in [0.2, 0.25) is 5.91 Å². The van der Waals surface area contributed by atoms with Crippen LogP contribution in [-0.2, 0) is 11.8 Å². The number of rotatable bonds is 6. The van der Waals surface area contributed by atoms with Crippen molar-refractivity contribution in [2.24, 2.45) is 17.8 Å². The van der Waals surface area contributed by atoms with E-state index < -0.39 is 0 Å². The van der Waals surface area contributed by atoms with Gasteiger partial charge in [0.25, 0.3) is 5.95 Å². The summed E-state index contributed by atoms with van der Waals surface area (Å²) >= 11 is 0. The van der Waals surface area contributed by atoms with Crippen LogP contribution in [0.4, 0.5) is 11.6 Å². The van der Waals surface area contributed by atoms with Gasteiger partial charge < -0.3 is 20.9 Å². The van der Waals surface area contributed by atoms with E-state index in [1.54, 1.807) is 12.3 Å². The molecule has 0 radical (unpaired) electrons. The van der Waals surface area contributed by atoms with Gasteiger partial charge in [-0.25, -0.2) is 9.97 Å². The van der Waals surface area contributed by atoms with Crippen LogP contribution in [0.15, 0.2) is 66.1 Å². The molecule has 0 atom stereocenters. The number of hydrogen-bond donors (Lipinski definition) is 3. The molecule has 0 saturated heterocycles. The van der Waals surface area contributed by atoms with Crippen LogP contribution in [-0.4, -0.2) is 33.3 Å². The van der Waals surface area contributed by atoms with Gasteiger partial charge in [0.05, 0.1) is 11.2 Å². The molecule has 0 aliphatic rings. The van der Waals surface area contributed by atoms with Gasteiger partial charge in [-0.15, -0.1) is 0 Å². The van der Waals surface area contributed by atoms with Gasteiger partial charge in [-0.3, -0.25) is 4.79 Å². The summed E-state index contributed by atoms with van der Waals surface area (Å²) in [4.78, 5) is 24.6. The average Bonchev–Trinajstić information content (AvgIpc) is 3.04. The molecule has 0 bridgehead atoms. The van der Waals surface area contributed by atoms with Crippen molar-refractivity contribution in [3.63, 3.8) is 0 Å². The van der Waals surface area contributed by atoms with Gasteiger partial charge in [-0.1, -0.05) is 12.6 Å². The molecule has 3 aromatic rings. The van der Waals surface area contributed by atoms with Gasteiger partial charge in [0.1, 0.15) is 5.84 Å². The number of nitrogens with zero attached hydrogens (tertiary/aromatic N) is 4. The van der Waals surface area contributed by atoms with Crippen molar-refractivity contribution in [2.45, 2.75) is 6.92 Å². The summed E-state index contributed by atoms with van der Waals surface area (Å²) in [6, 6.07) is 7.52. The number of carbonyl (C=O) groups is 1. The number of aryl methyl sites for hydroxylation is 1. The van der Waals surface area contributed by atoms with E-state index in [4.69, 9.17) is 5.73 Å². The number of fused-ring (bicyclic) bond motifs is 1. The molecule has 0 aliphatic carbocycles. The van der Waals surface area contributed by atoms with Crippen molar-refractivity contribution in [3.05, 3.63) is 61.1 Å². The number of benzene rings is 1. The largest absolute Gasteiger partial charge is 0.392 e. The van der Waals surface area contributed by atoms with Crippen molar-refractivity contribution in [3.8, 4) is 11.3 Å². The van der Waals surface area contributed by atoms with Crippen LogP contribution in [0.25, 0.3) is 22.2 Å². The van der Waals surface area contributed by atoms with Crippen molar-refractivity contribution >= 4 is 34.3 Å². The Kier molecular flexibility index (Phi) is 5.73. The summed E-state index contributed by atoms with van der Waals surface area (Å²) in [6.07, 6.45) is 6.59. The molecule has 0 spiro atoms. The first kappa shape index (κ1) is 19.8. The molecule has 8 nitrogen and oxygen atoms in total. The minimum Gasteiger partial charge on any atom is -0.392 e.